The summed E-state index contributed by atoms with van der Waals surface area (Å²) in [5.74, 6) is -2.28. The summed E-state index contributed by atoms with van der Waals surface area (Å²) >= 11 is 0. The Bertz CT molecular complexity index is 813. The number of benzene rings is 1. The van der Waals surface area contributed by atoms with Crippen LogP contribution in [-0.2, 0) is 14.4 Å². The van der Waals surface area contributed by atoms with Crippen molar-refractivity contribution in [3.8, 4) is 11.5 Å². The molecule has 1 aromatic carbocycles. The van der Waals surface area contributed by atoms with E-state index in [1.807, 2.05) is 0 Å². The van der Waals surface area contributed by atoms with Crippen LogP contribution in [-0.4, -0.2) is 54.1 Å². The van der Waals surface area contributed by atoms with E-state index in [-0.39, 0.29) is 23.6 Å². The second-order valence-electron chi connectivity index (χ2n) is 5.11. The predicted octanol–water partition coefficient (Wildman–Crippen LogP) is 0.806. The molecule has 0 radical (unpaired) electrons. The molecule has 136 valence electrons. The summed E-state index contributed by atoms with van der Waals surface area (Å²) in [7, 11) is 1.36. The molecule has 1 heterocycles. The second kappa shape index (κ2) is 7.97. The molecule has 1 aliphatic rings. The number of hydrogen-bond donors (Lipinski definition) is 2. The van der Waals surface area contributed by atoms with E-state index in [2.05, 4.69) is 11.9 Å². The number of imide groups is 2. The van der Waals surface area contributed by atoms with E-state index in [0.717, 1.165) is 4.90 Å². The summed E-state index contributed by atoms with van der Waals surface area (Å²) in [6, 6.07) is 3.62. The van der Waals surface area contributed by atoms with Gasteiger partial charge in [0.1, 0.15) is 5.57 Å². The van der Waals surface area contributed by atoms with Gasteiger partial charge in [-0.2, -0.15) is 0 Å². The van der Waals surface area contributed by atoms with Crippen molar-refractivity contribution >= 4 is 29.9 Å². The van der Waals surface area contributed by atoms with E-state index in [1.165, 1.54) is 37.5 Å². The molecule has 0 bridgehead atoms. The number of aliphatic carboxylic acids is 1. The van der Waals surface area contributed by atoms with Crippen LogP contribution in [0.15, 0.2) is 36.4 Å². The summed E-state index contributed by atoms with van der Waals surface area (Å²) in [5, 5.41) is 10.7. The Balaban J connectivity index is 2.33. The summed E-state index contributed by atoms with van der Waals surface area (Å²) in [6.45, 7) is 2.88. The number of methoxy groups -OCH3 is 1. The average molecular weight is 360 g/mol. The monoisotopic (exact) mass is 360 g/mol. The standard InChI is InChI=1S/C17H16N2O7/c1-3-6-19-16(23)11(15(22)18-17(19)24)7-10-4-5-12(13(8-10)25-2)26-9-14(20)21/h3-5,7-8H,1,6,9H2,2H3,(H,20,21)(H,18,22,24)/b11-7+. The first-order chi connectivity index (χ1) is 12.4. The van der Waals surface area contributed by atoms with Crippen molar-refractivity contribution in [1.29, 1.82) is 0 Å². The number of rotatable bonds is 7. The highest BCUT2D eigenvalue weighted by atomic mass is 16.5. The Labute approximate surface area is 148 Å². The fourth-order valence-corrected chi connectivity index (χ4v) is 2.19. The molecule has 2 rings (SSSR count). The lowest BCUT2D eigenvalue weighted by Gasteiger charge is -2.25. The van der Waals surface area contributed by atoms with Gasteiger partial charge in [-0.25, -0.2) is 9.59 Å². The molecular formula is C17H16N2O7. The minimum atomic E-state index is -1.14. The van der Waals surface area contributed by atoms with Crippen molar-refractivity contribution in [2.24, 2.45) is 0 Å². The highest BCUT2D eigenvalue weighted by Crippen LogP contribution is 2.29. The normalized spacial score (nSPS) is 15.7. The number of amides is 4. The van der Waals surface area contributed by atoms with Crippen molar-refractivity contribution in [2.45, 2.75) is 0 Å². The molecule has 1 aliphatic heterocycles. The van der Waals surface area contributed by atoms with Crippen molar-refractivity contribution in [1.82, 2.24) is 10.2 Å². The third-order valence-corrected chi connectivity index (χ3v) is 3.35. The Kier molecular flexibility index (Phi) is 5.74. The van der Waals surface area contributed by atoms with Gasteiger partial charge in [0.05, 0.1) is 7.11 Å². The number of carbonyl (C=O) groups is 4. The highest BCUT2D eigenvalue weighted by molar-refractivity contribution is 6.31. The Morgan fingerprint density at radius 1 is 1.31 bits per heavy atom. The molecule has 4 amide bonds. The second-order valence-corrected chi connectivity index (χ2v) is 5.11. The fraction of sp³-hybridized carbons (Fsp3) is 0.176. The van der Waals surface area contributed by atoms with Crippen LogP contribution < -0.4 is 14.8 Å². The van der Waals surface area contributed by atoms with Gasteiger partial charge in [-0.1, -0.05) is 12.1 Å². The molecule has 1 fully saturated rings. The zero-order valence-electron chi connectivity index (χ0n) is 13.9. The summed E-state index contributed by atoms with van der Waals surface area (Å²) in [5.41, 5.74) is 0.198. The molecule has 0 aromatic heterocycles. The minimum Gasteiger partial charge on any atom is -0.493 e. The molecule has 0 aliphatic carbocycles. The molecule has 9 nitrogen and oxygen atoms in total. The first-order valence-corrected chi connectivity index (χ1v) is 7.39. The van der Waals surface area contributed by atoms with Gasteiger partial charge in [-0.3, -0.25) is 19.8 Å². The van der Waals surface area contributed by atoms with Crippen molar-refractivity contribution in [2.75, 3.05) is 20.3 Å². The predicted molar refractivity (Wildman–Crippen MR) is 89.6 cm³/mol. The maximum absolute atomic E-state index is 12.3. The van der Waals surface area contributed by atoms with E-state index in [0.29, 0.717) is 5.56 Å². The fourth-order valence-electron chi connectivity index (χ4n) is 2.19. The minimum absolute atomic E-state index is 0.0411. The van der Waals surface area contributed by atoms with Crippen LogP contribution in [0.5, 0.6) is 11.5 Å². The molecule has 1 saturated heterocycles. The summed E-state index contributed by atoms with van der Waals surface area (Å²) in [6.07, 6.45) is 2.66. The number of nitrogens with zero attached hydrogens (tertiary/aromatic N) is 1. The van der Waals surface area contributed by atoms with Crippen molar-refractivity contribution < 1.29 is 33.8 Å². The lowest BCUT2D eigenvalue weighted by molar-refractivity contribution is -0.139. The number of ether oxygens (including phenoxy) is 2. The van der Waals surface area contributed by atoms with Gasteiger partial charge < -0.3 is 14.6 Å². The first-order valence-electron chi connectivity index (χ1n) is 7.39. The smallest absolute Gasteiger partial charge is 0.341 e. The van der Waals surface area contributed by atoms with E-state index in [1.54, 1.807) is 0 Å². The molecule has 0 saturated carbocycles. The number of hydrogen-bond acceptors (Lipinski definition) is 6. The SMILES string of the molecule is C=CCN1C(=O)NC(=O)/C(=C\c2ccc(OCC(=O)O)c(OC)c2)C1=O. The Morgan fingerprint density at radius 3 is 2.65 bits per heavy atom. The van der Waals surface area contributed by atoms with Crippen LogP contribution in [0.3, 0.4) is 0 Å². The maximum atomic E-state index is 12.3. The van der Waals surface area contributed by atoms with Gasteiger partial charge >= 0.3 is 12.0 Å². The molecular weight excluding hydrogens is 344 g/mol. The molecule has 9 heteroatoms. The molecule has 26 heavy (non-hydrogen) atoms. The van der Waals surface area contributed by atoms with Crippen molar-refractivity contribution in [3.63, 3.8) is 0 Å². The van der Waals surface area contributed by atoms with Crippen LogP contribution >= 0.6 is 0 Å². The van der Waals surface area contributed by atoms with Gasteiger partial charge in [-0.15, -0.1) is 6.58 Å². The average Bonchev–Trinajstić information content (AvgIpc) is 2.60. The van der Waals surface area contributed by atoms with Gasteiger partial charge in [0.25, 0.3) is 11.8 Å². The molecule has 2 N–H and O–H groups in total. The first kappa shape index (κ1) is 18.7. The summed E-state index contributed by atoms with van der Waals surface area (Å²) in [4.78, 5) is 47.4. The number of urea groups is 1. The molecule has 1 aromatic rings. The summed E-state index contributed by atoms with van der Waals surface area (Å²) < 4.78 is 10.2. The van der Waals surface area contributed by atoms with Crippen LogP contribution in [0, 0.1) is 0 Å². The highest BCUT2D eigenvalue weighted by Gasteiger charge is 2.34. The lowest BCUT2D eigenvalue weighted by atomic mass is 10.1. The number of carbonyl (C=O) groups excluding carboxylic acids is 3. The number of barbiturate groups is 1. The van der Waals surface area contributed by atoms with E-state index in [9.17, 15) is 19.2 Å². The van der Waals surface area contributed by atoms with Crippen LogP contribution in [0.25, 0.3) is 6.08 Å². The largest absolute Gasteiger partial charge is 0.493 e. The number of carboxylic acid groups (broad SMARTS) is 1. The topological polar surface area (TPSA) is 122 Å². The third-order valence-electron chi connectivity index (χ3n) is 3.35. The van der Waals surface area contributed by atoms with Gasteiger partial charge in [0.2, 0.25) is 0 Å². The number of nitrogens with one attached hydrogen (secondary N) is 1. The Morgan fingerprint density at radius 2 is 2.04 bits per heavy atom. The maximum Gasteiger partial charge on any atom is 0.341 e. The van der Waals surface area contributed by atoms with Gasteiger partial charge in [-0.05, 0) is 23.8 Å². The van der Waals surface area contributed by atoms with Crippen LogP contribution in [0.4, 0.5) is 4.79 Å². The lowest BCUT2D eigenvalue weighted by Crippen LogP contribution is -2.54. The molecule has 0 unspecified atom stereocenters. The molecule has 0 atom stereocenters. The number of carboxylic acids is 1. The third kappa shape index (κ3) is 4.07. The van der Waals surface area contributed by atoms with E-state index in [4.69, 9.17) is 14.6 Å². The quantitative estimate of drug-likeness (QED) is 0.419. The zero-order valence-corrected chi connectivity index (χ0v) is 13.9. The van der Waals surface area contributed by atoms with Crippen LogP contribution in [0.1, 0.15) is 5.56 Å². The molecule has 0 spiro atoms. The van der Waals surface area contributed by atoms with E-state index >= 15 is 0 Å². The van der Waals surface area contributed by atoms with Crippen molar-refractivity contribution in [3.05, 3.63) is 42.0 Å². The Hall–Kier alpha value is -3.62. The van der Waals surface area contributed by atoms with Gasteiger partial charge in [0.15, 0.2) is 18.1 Å². The van der Waals surface area contributed by atoms with Crippen LogP contribution in [0.2, 0.25) is 0 Å². The zero-order chi connectivity index (χ0) is 19.3. The van der Waals surface area contributed by atoms with E-state index < -0.39 is 30.4 Å². The van der Waals surface area contributed by atoms with Gasteiger partial charge in [0, 0.05) is 6.54 Å².